The zero-order chi connectivity index (χ0) is 11.5. The third-order valence-corrected chi connectivity index (χ3v) is 2.42. The topological polar surface area (TPSA) is 56.1 Å². The van der Waals surface area contributed by atoms with Crippen molar-refractivity contribution >= 4 is 5.91 Å². The maximum atomic E-state index is 11.3. The van der Waals surface area contributed by atoms with E-state index < -0.39 is 0 Å². The molecule has 1 aromatic rings. The van der Waals surface area contributed by atoms with Gasteiger partial charge in [-0.1, -0.05) is 0 Å². The molecule has 0 radical (unpaired) electrons. The van der Waals surface area contributed by atoms with Gasteiger partial charge in [0.15, 0.2) is 12.4 Å². The van der Waals surface area contributed by atoms with Gasteiger partial charge >= 0.3 is 0 Å². The summed E-state index contributed by atoms with van der Waals surface area (Å²) in [4.78, 5) is 11.3. The lowest BCUT2D eigenvalue weighted by Gasteiger charge is -2.05. The second-order valence-electron chi connectivity index (χ2n) is 4.38. The minimum Gasteiger partial charge on any atom is -0.480 e. The lowest BCUT2D eigenvalue weighted by atomic mass is 10.4. The van der Waals surface area contributed by atoms with Gasteiger partial charge in [-0.25, -0.2) is 0 Å². The number of nitrogens with one attached hydrogen (secondary N) is 1. The summed E-state index contributed by atoms with van der Waals surface area (Å²) in [5.74, 6) is 0.583. The van der Waals surface area contributed by atoms with E-state index in [0.29, 0.717) is 17.8 Å². The predicted molar refractivity (Wildman–Crippen MR) is 59.3 cm³/mol. The normalized spacial score (nSPS) is 15.2. The fourth-order valence-electron chi connectivity index (χ4n) is 1.32. The second-order valence-corrected chi connectivity index (χ2v) is 4.38. The Morgan fingerprint density at radius 3 is 3.00 bits per heavy atom. The van der Waals surface area contributed by atoms with Gasteiger partial charge in [0.2, 0.25) is 0 Å². The van der Waals surface area contributed by atoms with E-state index in [2.05, 4.69) is 10.4 Å². The van der Waals surface area contributed by atoms with E-state index >= 15 is 0 Å². The SMILES string of the molecule is CC(C)n1cc(OCC(=O)NC2CC2)cn1. The van der Waals surface area contributed by atoms with Crippen LogP contribution >= 0.6 is 0 Å². The van der Waals surface area contributed by atoms with Crippen LogP contribution in [0.4, 0.5) is 0 Å². The molecule has 0 unspecified atom stereocenters. The number of carbonyl (C=O) groups excluding carboxylic acids is 1. The smallest absolute Gasteiger partial charge is 0.258 e. The molecule has 1 saturated carbocycles. The number of hydrogen-bond acceptors (Lipinski definition) is 3. The molecule has 16 heavy (non-hydrogen) atoms. The van der Waals surface area contributed by atoms with Crippen LogP contribution in [0.1, 0.15) is 32.7 Å². The van der Waals surface area contributed by atoms with Crippen molar-refractivity contribution in [3.8, 4) is 5.75 Å². The van der Waals surface area contributed by atoms with Crippen molar-refractivity contribution < 1.29 is 9.53 Å². The Morgan fingerprint density at radius 2 is 2.44 bits per heavy atom. The minimum absolute atomic E-state index is 0.0557. The Labute approximate surface area is 94.8 Å². The molecule has 1 aromatic heterocycles. The predicted octanol–water partition coefficient (Wildman–Crippen LogP) is 1.12. The lowest BCUT2D eigenvalue weighted by Crippen LogP contribution is -2.30. The third kappa shape index (κ3) is 2.98. The number of ether oxygens (including phenoxy) is 1. The first-order valence-electron chi connectivity index (χ1n) is 5.61. The molecule has 1 N–H and O–H groups in total. The van der Waals surface area contributed by atoms with E-state index in [-0.39, 0.29) is 12.5 Å². The van der Waals surface area contributed by atoms with Gasteiger partial charge in [0.25, 0.3) is 5.91 Å². The zero-order valence-corrected chi connectivity index (χ0v) is 9.64. The average Bonchev–Trinajstić information content (AvgIpc) is 2.91. The van der Waals surface area contributed by atoms with Crippen molar-refractivity contribution in [2.75, 3.05) is 6.61 Å². The number of carbonyl (C=O) groups is 1. The van der Waals surface area contributed by atoms with Crippen LogP contribution in [0.3, 0.4) is 0 Å². The molecule has 0 bridgehead atoms. The van der Waals surface area contributed by atoms with Gasteiger partial charge in [0.1, 0.15) is 0 Å². The average molecular weight is 223 g/mol. The fourth-order valence-corrected chi connectivity index (χ4v) is 1.32. The summed E-state index contributed by atoms with van der Waals surface area (Å²) in [6.45, 7) is 4.15. The highest BCUT2D eigenvalue weighted by Crippen LogP contribution is 2.18. The molecule has 0 aromatic carbocycles. The molecule has 1 fully saturated rings. The molecule has 2 rings (SSSR count). The van der Waals surface area contributed by atoms with Crippen LogP contribution in [0.25, 0.3) is 0 Å². The van der Waals surface area contributed by atoms with E-state index in [0.717, 1.165) is 12.8 Å². The number of nitrogens with zero attached hydrogens (tertiary/aromatic N) is 2. The Kier molecular flexibility index (Phi) is 3.12. The van der Waals surface area contributed by atoms with Crippen LogP contribution in [-0.4, -0.2) is 28.3 Å². The van der Waals surface area contributed by atoms with E-state index in [1.807, 2.05) is 13.8 Å². The van der Waals surface area contributed by atoms with Gasteiger partial charge in [0.05, 0.1) is 12.4 Å². The Morgan fingerprint density at radius 1 is 1.69 bits per heavy atom. The molecule has 1 aliphatic carbocycles. The number of hydrogen-bond donors (Lipinski definition) is 1. The van der Waals surface area contributed by atoms with E-state index in [1.165, 1.54) is 0 Å². The molecule has 5 nitrogen and oxygen atoms in total. The maximum absolute atomic E-state index is 11.3. The quantitative estimate of drug-likeness (QED) is 0.813. The van der Waals surface area contributed by atoms with Crippen molar-refractivity contribution in [1.82, 2.24) is 15.1 Å². The Balaban J connectivity index is 1.77. The minimum atomic E-state index is -0.0557. The van der Waals surface area contributed by atoms with Gasteiger partial charge < -0.3 is 10.1 Å². The van der Waals surface area contributed by atoms with Crippen molar-refractivity contribution in [3.63, 3.8) is 0 Å². The van der Waals surface area contributed by atoms with Gasteiger partial charge in [-0.2, -0.15) is 5.10 Å². The summed E-state index contributed by atoms with van der Waals surface area (Å²) in [6.07, 6.45) is 5.62. The first kappa shape index (κ1) is 11.0. The van der Waals surface area contributed by atoms with Crippen molar-refractivity contribution in [3.05, 3.63) is 12.4 Å². The summed E-state index contributed by atoms with van der Waals surface area (Å²) in [5.41, 5.74) is 0. The van der Waals surface area contributed by atoms with E-state index in [1.54, 1.807) is 17.1 Å². The zero-order valence-electron chi connectivity index (χ0n) is 9.64. The lowest BCUT2D eigenvalue weighted by molar-refractivity contribution is -0.123. The summed E-state index contributed by atoms with van der Waals surface area (Å²) in [6, 6.07) is 0.687. The highest BCUT2D eigenvalue weighted by Gasteiger charge is 2.23. The summed E-state index contributed by atoms with van der Waals surface area (Å²) < 4.78 is 7.13. The van der Waals surface area contributed by atoms with Crippen molar-refractivity contribution in [2.24, 2.45) is 0 Å². The first-order chi connectivity index (χ1) is 7.65. The molecule has 1 heterocycles. The molecule has 1 amide bonds. The van der Waals surface area contributed by atoms with Gasteiger partial charge in [0, 0.05) is 12.1 Å². The molecule has 0 spiro atoms. The number of amides is 1. The highest BCUT2D eigenvalue weighted by molar-refractivity contribution is 5.78. The van der Waals surface area contributed by atoms with E-state index in [4.69, 9.17) is 4.74 Å². The summed E-state index contributed by atoms with van der Waals surface area (Å²) in [5, 5.41) is 6.99. The number of aromatic nitrogens is 2. The molecule has 88 valence electrons. The van der Waals surface area contributed by atoms with Gasteiger partial charge in [-0.05, 0) is 26.7 Å². The maximum Gasteiger partial charge on any atom is 0.258 e. The Bertz CT molecular complexity index is 369. The van der Waals surface area contributed by atoms with Crippen LogP contribution in [0, 0.1) is 0 Å². The largest absolute Gasteiger partial charge is 0.480 e. The molecule has 0 aliphatic heterocycles. The van der Waals surface area contributed by atoms with Crippen LogP contribution in [-0.2, 0) is 4.79 Å². The monoisotopic (exact) mass is 223 g/mol. The summed E-state index contributed by atoms with van der Waals surface area (Å²) >= 11 is 0. The molecule has 0 saturated heterocycles. The van der Waals surface area contributed by atoms with Crippen molar-refractivity contribution in [1.29, 1.82) is 0 Å². The van der Waals surface area contributed by atoms with Crippen molar-refractivity contribution in [2.45, 2.75) is 38.8 Å². The molecular formula is C11H17N3O2. The summed E-state index contributed by atoms with van der Waals surface area (Å²) in [7, 11) is 0. The third-order valence-electron chi connectivity index (χ3n) is 2.42. The molecular weight excluding hydrogens is 206 g/mol. The standard InChI is InChI=1S/C11H17N3O2/c1-8(2)14-6-10(5-12-14)16-7-11(15)13-9-3-4-9/h5-6,8-9H,3-4,7H2,1-2H3,(H,13,15). The molecule has 5 heteroatoms. The molecule has 0 atom stereocenters. The van der Waals surface area contributed by atoms with Gasteiger partial charge in [-0.15, -0.1) is 0 Å². The van der Waals surface area contributed by atoms with Crippen LogP contribution in [0.5, 0.6) is 5.75 Å². The highest BCUT2D eigenvalue weighted by atomic mass is 16.5. The van der Waals surface area contributed by atoms with Crippen LogP contribution in [0.15, 0.2) is 12.4 Å². The second kappa shape index (κ2) is 4.55. The fraction of sp³-hybridized carbons (Fsp3) is 0.636. The van der Waals surface area contributed by atoms with Gasteiger partial charge in [-0.3, -0.25) is 9.48 Å². The van der Waals surface area contributed by atoms with E-state index in [9.17, 15) is 4.79 Å². The Hall–Kier alpha value is -1.52. The molecule has 1 aliphatic rings. The number of rotatable bonds is 5. The first-order valence-corrected chi connectivity index (χ1v) is 5.61. The van der Waals surface area contributed by atoms with Crippen LogP contribution in [0.2, 0.25) is 0 Å². The van der Waals surface area contributed by atoms with Crippen LogP contribution < -0.4 is 10.1 Å².